The molecule has 0 bridgehead atoms. The van der Waals surface area contributed by atoms with Crippen molar-refractivity contribution < 1.29 is 9.53 Å². The first-order valence-electron chi connectivity index (χ1n) is 8.76. The van der Waals surface area contributed by atoms with Crippen LogP contribution in [0, 0.1) is 12.8 Å². The molecule has 2 aromatic rings. The fraction of sp³-hybridized carbons (Fsp3) is 0.421. The van der Waals surface area contributed by atoms with E-state index >= 15 is 0 Å². The van der Waals surface area contributed by atoms with Gasteiger partial charge in [0, 0.05) is 17.7 Å². The molecule has 6 nitrogen and oxygen atoms in total. The summed E-state index contributed by atoms with van der Waals surface area (Å²) in [4.78, 5) is 17.4. The lowest BCUT2D eigenvalue weighted by molar-refractivity contribution is -0.117. The third kappa shape index (κ3) is 2.71. The van der Waals surface area contributed by atoms with Crippen molar-refractivity contribution in [3.8, 4) is 5.75 Å². The van der Waals surface area contributed by atoms with Gasteiger partial charge in [0.2, 0.25) is 5.95 Å². The molecule has 0 fully saturated rings. The van der Waals surface area contributed by atoms with Gasteiger partial charge >= 0.3 is 0 Å². The molecule has 0 saturated carbocycles. The highest BCUT2D eigenvalue weighted by atomic mass is 16.5. The van der Waals surface area contributed by atoms with Gasteiger partial charge in [-0.25, -0.2) is 4.68 Å². The highest BCUT2D eigenvalue weighted by Crippen LogP contribution is 2.41. The average molecular weight is 338 g/mol. The van der Waals surface area contributed by atoms with Crippen LogP contribution >= 0.6 is 0 Å². The summed E-state index contributed by atoms with van der Waals surface area (Å²) in [6, 6.07) is 7.66. The van der Waals surface area contributed by atoms with Gasteiger partial charge in [0.25, 0.3) is 0 Å². The zero-order chi connectivity index (χ0) is 17.6. The minimum atomic E-state index is -0.257. The Morgan fingerprint density at radius 1 is 1.36 bits per heavy atom. The molecular formula is C19H22N4O2. The Labute approximate surface area is 146 Å². The summed E-state index contributed by atoms with van der Waals surface area (Å²) in [5.41, 5.74) is 2.79. The highest BCUT2D eigenvalue weighted by Gasteiger charge is 2.38. The van der Waals surface area contributed by atoms with Crippen molar-refractivity contribution in [1.29, 1.82) is 0 Å². The van der Waals surface area contributed by atoms with E-state index in [2.05, 4.69) is 22.3 Å². The molecule has 0 saturated heterocycles. The van der Waals surface area contributed by atoms with Crippen LogP contribution in [0.15, 0.2) is 35.5 Å². The van der Waals surface area contributed by atoms with E-state index in [4.69, 9.17) is 4.74 Å². The van der Waals surface area contributed by atoms with Crippen molar-refractivity contribution in [2.75, 3.05) is 11.9 Å². The predicted octanol–water partition coefficient (Wildman–Crippen LogP) is 3.25. The molecule has 2 atom stereocenters. The van der Waals surface area contributed by atoms with Gasteiger partial charge in [0.05, 0.1) is 6.61 Å². The fourth-order valence-corrected chi connectivity index (χ4v) is 3.76. The first kappa shape index (κ1) is 15.9. The standard InChI is InChI=1S/C19H22N4O2/c1-4-25-14-7-5-6-13(10-14)18-17-15(8-11(2)9-16(17)24)21-19-20-12(3)22-23(18)19/h5-7,10-11,18H,4,8-9H2,1-3H3,(H,20,21,22)/t11-,18-/m0/s1. The lowest BCUT2D eigenvalue weighted by Crippen LogP contribution is -2.33. The molecule has 0 amide bonds. The summed E-state index contributed by atoms with van der Waals surface area (Å²) in [5.74, 6) is 2.71. The molecule has 0 unspecified atom stereocenters. The van der Waals surface area contributed by atoms with Gasteiger partial charge in [-0.3, -0.25) is 4.79 Å². The first-order valence-corrected chi connectivity index (χ1v) is 8.76. The van der Waals surface area contributed by atoms with Crippen LogP contribution in [-0.2, 0) is 4.79 Å². The van der Waals surface area contributed by atoms with Crippen molar-refractivity contribution in [2.45, 2.75) is 39.7 Å². The van der Waals surface area contributed by atoms with Crippen LogP contribution < -0.4 is 10.1 Å². The molecule has 0 spiro atoms. The summed E-state index contributed by atoms with van der Waals surface area (Å²) in [7, 11) is 0. The molecule has 25 heavy (non-hydrogen) atoms. The van der Waals surface area contributed by atoms with Crippen molar-refractivity contribution in [3.63, 3.8) is 0 Å². The fourth-order valence-electron chi connectivity index (χ4n) is 3.76. The van der Waals surface area contributed by atoms with E-state index in [0.29, 0.717) is 30.7 Å². The number of carbonyl (C=O) groups is 1. The Kier molecular flexibility index (Phi) is 3.82. The molecule has 4 rings (SSSR count). The molecule has 1 N–H and O–H groups in total. The maximum absolute atomic E-state index is 12.9. The molecule has 130 valence electrons. The summed E-state index contributed by atoms with van der Waals surface area (Å²) < 4.78 is 7.48. The number of nitrogens with zero attached hydrogens (tertiary/aromatic N) is 3. The van der Waals surface area contributed by atoms with Crippen LogP contribution in [0.4, 0.5) is 5.95 Å². The van der Waals surface area contributed by atoms with Crippen LogP contribution in [0.25, 0.3) is 0 Å². The molecule has 1 aliphatic heterocycles. The zero-order valence-electron chi connectivity index (χ0n) is 14.7. The van der Waals surface area contributed by atoms with Gasteiger partial charge in [-0.15, -0.1) is 0 Å². The SMILES string of the molecule is CCOc1cccc([C@H]2C3=C(C[C@H](C)CC3=O)Nc3nc(C)nn32)c1. The summed E-state index contributed by atoms with van der Waals surface area (Å²) in [6.07, 6.45) is 1.43. The van der Waals surface area contributed by atoms with E-state index in [1.807, 2.05) is 42.8 Å². The Morgan fingerprint density at radius 2 is 2.20 bits per heavy atom. The van der Waals surface area contributed by atoms with Gasteiger partial charge in [-0.2, -0.15) is 10.1 Å². The van der Waals surface area contributed by atoms with E-state index in [9.17, 15) is 4.79 Å². The molecule has 1 aliphatic carbocycles. The first-order chi connectivity index (χ1) is 12.1. The maximum Gasteiger partial charge on any atom is 0.226 e. The Bertz CT molecular complexity index is 868. The minimum Gasteiger partial charge on any atom is -0.494 e. The Hall–Kier alpha value is -2.63. The van der Waals surface area contributed by atoms with E-state index in [1.165, 1.54) is 0 Å². The second-order valence-electron chi connectivity index (χ2n) is 6.79. The van der Waals surface area contributed by atoms with Crippen molar-refractivity contribution in [3.05, 3.63) is 46.9 Å². The number of carbonyl (C=O) groups excluding carboxylic acids is 1. The van der Waals surface area contributed by atoms with E-state index in [0.717, 1.165) is 29.0 Å². The molecule has 2 heterocycles. The average Bonchev–Trinajstić information content (AvgIpc) is 2.93. The largest absolute Gasteiger partial charge is 0.494 e. The van der Waals surface area contributed by atoms with Gasteiger partial charge in [0.1, 0.15) is 17.6 Å². The monoisotopic (exact) mass is 338 g/mol. The summed E-state index contributed by atoms with van der Waals surface area (Å²) in [5, 5.41) is 7.88. The molecule has 1 aromatic carbocycles. The Morgan fingerprint density at radius 3 is 3.00 bits per heavy atom. The number of ether oxygens (including phenoxy) is 1. The normalized spacial score (nSPS) is 22.3. The number of Topliss-reactive ketones (excluding diaryl/α,β-unsaturated/α-hetero) is 1. The van der Waals surface area contributed by atoms with Crippen LogP contribution in [0.1, 0.15) is 44.1 Å². The minimum absolute atomic E-state index is 0.187. The molecular weight excluding hydrogens is 316 g/mol. The maximum atomic E-state index is 12.9. The molecule has 2 aliphatic rings. The second-order valence-corrected chi connectivity index (χ2v) is 6.79. The van der Waals surface area contributed by atoms with Gasteiger partial charge < -0.3 is 10.1 Å². The van der Waals surface area contributed by atoms with Gasteiger partial charge in [-0.1, -0.05) is 19.1 Å². The number of anilines is 1. The van der Waals surface area contributed by atoms with E-state index in [-0.39, 0.29) is 11.8 Å². The number of aryl methyl sites for hydroxylation is 1. The zero-order valence-corrected chi connectivity index (χ0v) is 14.7. The lowest BCUT2D eigenvalue weighted by atomic mass is 9.81. The number of aromatic nitrogens is 3. The van der Waals surface area contributed by atoms with Crippen molar-refractivity contribution >= 4 is 11.7 Å². The molecule has 6 heteroatoms. The quantitative estimate of drug-likeness (QED) is 0.930. The van der Waals surface area contributed by atoms with Gasteiger partial charge in [-0.05, 0) is 43.9 Å². The van der Waals surface area contributed by atoms with Gasteiger partial charge in [0.15, 0.2) is 5.78 Å². The van der Waals surface area contributed by atoms with Crippen LogP contribution in [0.5, 0.6) is 5.75 Å². The topological polar surface area (TPSA) is 69.0 Å². The Balaban J connectivity index is 1.87. The number of benzene rings is 1. The lowest BCUT2D eigenvalue weighted by Gasteiger charge is -2.34. The second kappa shape index (κ2) is 6.02. The number of rotatable bonds is 3. The van der Waals surface area contributed by atoms with E-state index < -0.39 is 0 Å². The van der Waals surface area contributed by atoms with Crippen molar-refractivity contribution in [1.82, 2.24) is 14.8 Å². The van der Waals surface area contributed by atoms with E-state index in [1.54, 1.807) is 0 Å². The third-order valence-corrected chi connectivity index (χ3v) is 4.71. The number of nitrogens with one attached hydrogen (secondary N) is 1. The number of hydrogen-bond acceptors (Lipinski definition) is 5. The smallest absolute Gasteiger partial charge is 0.226 e. The van der Waals surface area contributed by atoms with Crippen LogP contribution in [0.2, 0.25) is 0 Å². The number of fused-ring (bicyclic) bond motifs is 1. The molecule has 0 radical (unpaired) electrons. The van der Waals surface area contributed by atoms with Crippen LogP contribution in [0.3, 0.4) is 0 Å². The summed E-state index contributed by atoms with van der Waals surface area (Å²) >= 11 is 0. The number of allylic oxidation sites excluding steroid dienone is 2. The number of ketones is 1. The van der Waals surface area contributed by atoms with Crippen LogP contribution in [-0.4, -0.2) is 27.2 Å². The summed E-state index contributed by atoms with van der Waals surface area (Å²) in [6.45, 7) is 6.54. The predicted molar refractivity (Wildman–Crippen MR) is 94.6 cm³/mol. The van der Waals surface area contributed by atoms with Crippen molar-refractivity contribution in [2.24, 2.45) is 5.92 Å². The highest BCUT2D eigenvalue weighted by molar-refractivity contribution is 5.99. The molecule has 1 aromatic heterocycles. The third-order valence-electron chi connectivity index (χ3n) is 4.71. The number of hydrogen-bond donors (Lipinski definition) is 1.